The van der Waals surface area contributed by atoms with Crippen LogP contribution in [0.5, 0.6) is 11.5 Å². The molecule has 0 amide bonds. The third-order valence-corrected chi connectivity index (χ3v) is 5.28. The fourth-order valence-corrected chi connectivity index (χ4v) is 3.25. The van der Waals surface area contributed by atoms with Crippen molar-refractivity contribution in [3.63, 3.8) is 0 Å². The third-order valence-electron chi connectivity index (χ3n) is 4.54. The highest BCUT2D eigenvalue weighted by Gasteiger charge is 2.27. The van der Waals surface area contributed by atoms with Crippen LogP contribution < -0.4 is 9.47 Å². The fourth-order valence-electron chi connectivity index (χ4n) is 2.94. The summed E-state index contributed by atoms with van der Waals surface area (Å²) in [6.45, 7) is 2.49. The number of ether oxygens (including phenoxy) is 2. The van der Waals surface area contributed by atoms with Crippen LogP contribution in [0.2, 0.25) is 10.0 Å². The van der Waals surface area contributed by atoms with Gasteiger partial charge in [0, 0.05) is 6.07 Å². The fraction of sp³-hybridized carbons (Fsp3) is 0.0870. The molecule has 3 nitrogen and oxygen atoms in total. The molecular weight excluding hydrogens is 395 g/mol. The van der Waals surface area contributed by atoms with Crippen LogP contribution in [0.3, 0.4) is 0 Å². The van der Waals surface area contributed by atoms with Gasteiger partial charge in [0.2, 0.25) is 5.78 Å². The lowest BCUT2D eigenvalue weighted by Gasteiger charge is -2.09. The number of allylic oxidation sites excluding steroid dienone is 1. The van der Waals surface area contributed by atoms with E-state index in [-0.39, 0.29) is 11.5 Å². The number of rotatable bonds is 4. The minimum atomic E-state index is -0.175. The van der Waals surface area contributed by atoms with Crippen molar-refractivity contribution in [2.45, 2.75) is 13.5 Å². The summed E-state index contributed by atoms with van der Waals surface area (Å²) in [6.07, 6.45) is 1.65. The van der Waals surface area contributed by atoms with E-state index in [2.05, 4.69) is 0 Å². The summed E-state index contributed by atoms with van der Waals surface area (Å²) in [4.78, 5) is 12.6. The standard InChI is InChI=1S/C23H16Cl2O3/c1-14-4-2-3-5-16(14)13-27-17-7-8-18-21(12-17)28-22(23(18)26)11-15-6-9-19(24)20(25)10-15/h2-12H,13H2,1H3/b22-11-. The lowest BCUT2D eigenvalue weighted by molar-refractivity contribution is 0.101. The number of Topliss-reactive ketones (excluding diaryl/α,β-unsaturated/α-hetero) is 1. The van der Waals surface area contributed by atoms with Crippen molar-refractivity contribution in [2.24, 2.45) is 0 Å². The van der Waals surface area contributed by atoms with Crippen molar-refractivity contribution in [3.8, 4) is 11.5 Å². The Labute approximate surface area is 173 Å². The molecule has 140 valence electrons. The number of carbonyl (C=O) groups is 1. The molecule has 28 heavy (non-hydrogen) atoms. The predicted molar refractivity (Wildman–Crippen MR) is 111 cm³/mol. The van der Waals surface area contributed by atoms with Gasteiger partial charge in [-0.3, -0.25) is 4.79 Å². The molecule has 0 fully saturated rings. The first-order valence-corrected chi connectivity index (χ1v) is 9.47. The second-order valence-electron chi connectivity index (χ2n) is 6.49. The molecule has 1 aliphatic rings. The SMILES string of the molecule is Cc1ccccc1COc1ccc2c(c1)O/C(=C\c1ccc(Cl)c(Cl)c1)C2=O. The zero-order valence-electron chi connectivity index (χ0n) is 15.0. The van der Waals surface area contributed by atoms with E-state index in [0.717, 1.165) is 11.1 Å². The van der Waals surface area contributed by atoms with Gasteiger partial charge in [-0.25, -0.2) is 0 Å². The zero-order valence-corrected chi connectivity index (χ0v) is 16.6. The van der Waals surface area contributed by atoms with Crippen LogP contribution in [0, 0.1) is 6.92 Å². The molecule has 0 bridgehead atoms. The van der Waals surface area contributed by atoms with E-state index in [1.54, 1.807) is 42.5 Å². The molecule has 3 aromatic carbocycles. The van der Waals surface area contributed by atoms with Crippen LogP contribution >= 0.6 is 23.2 Å². The number of aryl methyl sites for hydroxylation is 1. The summed E-state index contributed by atoms with van der Waals surface area (Å²) in [6, 6.07) is 18.4. The van der Waals surface area contributed by atoms with Crippen molar-refractivity contribution < 1.29 is 14.3 Å². The topological polar surface area (TPSA) is 35.5 Å². The van der Waals surface area contributed by atoms with Crippen LogP contribution in [-0.2, 0) is 6.61 Å². The minimum Gasteiger partial charge on any atom is -0.489 e. The maximum Gasteiger partial charge on any atom is 0.231 e. The second kappa shape index (κ2) is 7.70. The number of fused-ring (bicyclic) bond motifs is 1. The Morgan fingerprint density at radius 2 is 1.82 bits per heavy atom. The van der Waals surface area contributed by atoms with E-state index in [4.69, 9.17) is 32.7 Å². The lowest BCUT2D eigenvalue weighted by atomic mass is 10.1. The minimum absolute atomic E-state index is 0.175. The maximum atomic E-state index is 12.6. The first-order valence-electron chi connectivity index (χ1n) is 8.72. The first-order chi connectivity index (χ1) is 13.5. The average Bonchev–Trinajstić information content (AvgIpc) is 2.99. The number of hydrogen-bond acceptors (Lipinski definition) is 3. The molecule has 0 aliphatic carbocycles. The van der Waals surface area contributed by atoms with E-state index in [9.17, 15) is 4.79 Å². The van der Waals surface area contributed by atoms with Crippen LogP contribution in [-0.4, -0.2) is 5.78 Å². The molecule has 1 aliphatic heterocycles. The van der Waals surface area contributed by atoms with Crippen molar-refractivity contribution >= 4 is 35.1 Å². The summed E-state index contributed by atoms with van der Waals surface area (Å²) >= 11 is 12.0. The van der Waals surface area contributed by atoms with Crippen LogP contribution in [0.25, 0.3) is 6.08 Å². The number of ketones is 1. The van der Waals surface area contributed by atoms with E-state index in [1.807, 2.05) is 31.2 Å². The molecule has 0 saturated heterocycles. The van der Waals surface area contributed by atoms with Gasteiger partial charge >= 0.3 is 0 Å². The highest BCUT2D eigenvalue weighted by atomic mass is 35.5. The Balaban J connectivity index is 1.53. The number of halogens is 2. The predicted octanol–water partition coefficient (Wildman–Crippen LogP) is 6.50. The number of benzene rings is 3. The molecular formula is C23H16Cl2O3. The van der Waals surface area contributed by atoms with Crippen LogP contribution in [0.15, 0.2) is 66.4 Å². The molecule has 0 spiro atoms. The number of carbonyl (C=O) groups excluding carboxylic acids is 1. The van der Waals surface area contributed by atoms with Gasteiger partial charge in [0.15, 0.2) is 5.76 Å². The van der Waals surface area contributed by atoms with Gasteiger partial charge in [0.1, 0.15) is 18.1 Å². The average molecular weight is 411 g/mol. The van der Waals surface area contributed by atoms with Crippen LogP contribution in [0.4, 0.5) is 0 Å². The van der Waals surface area contributed by atoms with Crippen molar-refractivity contribution in [1.29, 1.82) is 0 Å². The summed E-state index contributed by atoms with van der Waals surface area (Å²) in [5, 5.41) is 0.882. The molecule has 0 radical (unpaired) electrons. The molecule has 0 N–H and O–H groups in total. The largest absolute Gasteiger partial charge is 0.489 e. The Bertz CT molecular complexity index is 1100. The molecule has 4 rings (SSSR count). The van der Waals surface area contributed by atoms with Crippen LogP contribution in [0.1, 0.15) is 27.0 Å². The lowest BCUT2D eigenvalue weighted by Crippen LogP contribution is -1.98. The normalized spacial score (nSPS) is 14.1. The van der Waals surface area contributed by atoms with Crippen molar-refractivity contribution in [1.82, 2.24) is 0 Å². The van der Waals surface area contributed by atoms with Gasteiger partial charge < -0.3 is 9.47 Å². The molecule has 0 atom stereocenters. The van der Waals surface area contributed by atoms with E-state index in [0.29, 0.717) is 33.7 Å². The first kappa shape index (κ1) is 18.6. The van der Waals surface area contributed by atoms with Gasteiger partial charge in [-0.2, -0.15) is 0 Å². The smallest absolute Gasteiger partial charge is 0.231 e. The highest BCUT2D eigenvalue weighted by Crippen LogP contribution is 2.35. The molecule has 0 aromatic heterocycles. The molecule has 5 heteroatoms. The highest BCUT2D eigenvalue weighted by molar-refractivity contribution is 6.42. The van der Waals surface area contributed by atoms with Gasteiger partial charge in [0.25, 0.3) is 0 Å². The van der Waals surface area contributed by atoms with Gasteiger partial charge in [-0.15, -0.1) is 0 Å². The molecule has 0 saturated carbocycles. The molecule has 1 heterocycles. The summed E-state index contributed by atoms with van der Waals surface area (Å²) in [7, 11) is 0. The Morgan fingerprint density at radius 3 is 2.61 bits per heavy atom. The van der Waals surface area contributed by atoms with E-state index >= 15 is 0 Å². The molecule has 0 unspecified atom stereocenters. The third kappa shape index (κ3) is 3.77. The Kier molecular flexibility index (Phi) is 5.12. The Morgan fingerprint density at radius 1 is 1.00 bits per heavy atom. The quantitative estimate of drug-likeness (QED) is 0.460. The van der Waals surface area contributed by atoms with Gasteiger partial charge in [0.05, 0.1) is 15.6 Å². The monoisotopic (exact) mass is 410 g/mol. The van der Waals surface area contributed by atoms with Gasteiger partial charge in [-0.1, -0.05) is 53.5 Å². The Hall–Kier alpha value is -2.75. The van der Waals surface area contributed by atoms with Crippen molar-refractivity contribution in [3.05, 3.63) is 98.7 Å². The summed E-state index contributed by atoms with van der Waals surface area (Å²) < 4.78 is 11.6. The summed E-state index contributed by atoms with van der Waals surface area (Å²) in [5.74, 6) is 1.19. The van der Waals surface area contributed by atoms with Crippen molar-refractivity contribution in [2.75, 3.05) is 0 Å². The number of hydrogen-bond donors (Lipinski definition) is 0. The van der Waals surface area contributed by atoms with E-state index < -0.39 is 0 Å². The zero-order chi connectivity index (χ0) is 19.7. The second-order valence-corrected chi connectivity index (χ2v) is 7.30. The van der Waals surface area contributed by atoms with Gasteiger partial charge in [-0.05, 0) is 54.0 Å². The van der Waals surface area contributed by atoms with E-state index in [1.165, 1.54) is 5.56 Å². The summed E-state index contributed by atoms with van der Waals surface area (Å²) in [5.41, 5.74) is 3.53. The molecule has 3 aromatic rings. The maximum absolute atomic E-state index is 12.6.